The molecular weight excluding hydrogens is 308 g/mol. The third-order valence-corrected chi connectivity index (χ3v) is 3.12. The van der Waals surface area contributed by atoms with E-state index >= 15 is 0 Å². The predicted octanol–water partition coefficient (Wildman–Crippen LogP) is -0.291. The Morgan fingerprint density at radius 3 is 1.96 bits per heavy atom. The molecule has 0 amide bonds. The van der Waals surface area contributed by atoms with Gasteiger partial charge in [-0.3, -0.25) is 9.59 Å². The standard InChI is InChI=1S/C8H15NO4.C6H11NO3/c9-6(8(10)11)2-1-3-7-12-4-5-13-7;7-5(6(9)10)3-1-2-4-8/h6-7H,1-5,9H2,(H,10,11);4-5H,1-3,7H2,(H,9,10)/t6-;5-/m00/s1. The number of carboxylic acid groups (broad SMARTS) is 2. The second-order valence-corrected chi connectivity index (χ2v) is 5.09. The monoisotopic (exact) mass is 334 g/mol. The van der Waals surface area contributed by atoms with Crippen LogP contribution in [0, 0.1) is 0 Å². The van der Waals surface area contributed by atoms with Gasteiger partial charge in [0.1, 0.15) is 18.4 Å². The lowest BCUT2D eigenvalue weighted by molar-refractivity contribution is -0.139. The number of rotatable bonds is 10. The summed E-state index contributed by atoms with van der Waals surface area (Å²) >= 11 is 0. The summed E-state index contributed by atoms with van der Waals surface area (Å²) in [5.74, 6) is -1.96. The first-order valence-corrected chi connectivity index (χ1v) is 7.52. The minimum atomic E-state index is -1.01. The molecule has 0 aliphatic carbocycles. The first-order chi connectivity index (χ1) is 10.9. The van der Waals surface area contributed by atoms with Crippen LogP contribution >= 0.6 is 0 Å². The van der Waals surface area contributed by atoms with Gasteiger partial charge in [0.15, 0.2) is 6.29 Å². The molecular formula is C14H26N2O7. The van der Waals surface area contributed by atoms with E-state index in [1.165, 1.54) is 0 Å². The van der Waals surface area contributed by atoms with Gasteiger partial charge in [0.25, 0.3) is 0 Å². The number of carbonyl (C=O) groups is 3. The van der Waals surface area contributed by atoms with E-state index in [1.54, 1.807) is 0 Å². The number of hydrogen-bond donors (Lipinski definition) is 4. The van der Waals surface area contributed by atoms with Crippen molar-refractivity contribution in [2.45, 2.75) is 56.9 Å². The lowest BCUT2D eigenvalue weighted by Gasteiger charge is -2.09. The van der Waals surface area contributed by atoms with Crippen molar-refractivity contribution in [3.63, 3.8) is 0 Å². The molecule has 6 N–H and O–H groups in total. The third-order valence-electron chi connectivity index (χ3n) is 3.12. The Morgan fingerprint density at radius 1 is 1.04 bits per heavy atom. The van der Waals surface area contributed by atoms with Gasteiger partial charge in [0, 0.05) is 6.42 Å². The van der Waals surface area contributed by atoms with Crippen LogP contribution in [-0.2, 0) is 23.9 Å². The molecule has 134 valence electrons. The maximum atomic E-state index is 10.3. The van der Waals surface area contributed by atoms with Crippen molar-refractivity contribution in [2.75, 3.05) is 13.2 Å². The van der Waals surface area contributed by atoms with E-state index in [9.17, 15) is 14.4 Å². The highest BCUT2D eigenvalue weighted by molar-refractivity contribution is 5.73. The van der Waals surface area contributed by atoms with Crippen LogP contribution in [0.4, 0.5) is 0 Å². The molecule has 1 aliphatic heterocycles. The van der Waals surface area contributed by atoms with E-state index in [0.29, 0.717) is 38.9 Å². The number of aldehydes is 1. The average Bonchev–Trinajstić information content (AvgIpc) is 3.01. The smallest absolute Gasteiger partial charge is 0.320 e. The molecule has 1 saturated heterocycles. The Hall–Kier alpha value is -1.55. The van der Waals surface area contributed by atoms with E-state index < -0.39 is 24.0 Å². The number of unbranched alkanes of at least 4 members (excludes halogenated alkanes) is 1. The van der Waals surface area contributed by atoms with E-state index in [1.807, 2.05) is 0 Å². The summed E-state index contributed by atoms with van der Waals surface area (Å²) in [6.07, 6.45) is 3.83. The third kappa shape index (κ3) is 11.6. The van der Waals surface area contributed by atoms with Crippen molar-refractivity contribution in [3.8, 4) is 0 Å². The van der Waals surface area contributed by atoms with E-state index in [0.717, 1.165) is 19.1 Å². The van der Waals surface area contributed by atoms with E-state index in [4.69, 9.17) is 31.2 Å². The highest BCUT2D eigenvalue weighted by Crippen LogP contribution is 2.12. The summed E-state index contributed by atoms with van der Waals surface area (Å²) in [4.78, 5) is 30.2. The van der Waals surface area contributed by atoms with Crippen LogP contribution in [-0.4, -0.2) is 60.0 Å². The van der Waals surface area contributed by atoms with Gasteiger partial charge in [-0.2, -0.15) is 0 Å². The first-order valence-electron chi connectivity index (χ1n) is 7.52. The second kappa shape index (κ2) is 12.9. The van der Waals surface area contributed by atoms with Crippen molar-refractivity contribution in [1.82, 2.24) is 0 Å². The van der Waals surface area contributed by atoms with Crippen LogP contribution in [0.3, 0.4) is 0 Å². The van der Waals surface area contributed by atoms with Crippen LogP contribution in [0.5, 0.6) is 0 Å². The maximum absolute atomic E-state index is 10.3. The largest absolute Gasteiger partial charge is 0.480 e. The zero-order valence-electron chi connectivity index (χ0n) is 13.1. The van der Waals surface area contributed by atoms with Crippen LogP contribution in [0.25, 0.3) is 0 Å². The summed E-state index contributed by atoms with van der Waals surface area (Å²) in [5.41, 5.74) is 10.5. The van der Waals surface area contributed by atoms with Gasteiger partial charge >= 0.3 is 11.9 Å². The zero-order chi connectivity index (χ0) is 17.7. The summed E-state index contributed by atoms with van der Waals surface area (Å²) in [7, 11) is 0. The highest BCUT2D eigenvalue weighted by Gasteiger charge is 2.17. The second-order valence-electron chi connectivity index (χ2n) is 5.09. The van der Waals surface area contributed by atoms with Crippen LogP contribution in [0.2, 0.25) is 0 Å². The first kappa shape index (κ1) is 21.4. The number of nitrogens with two attached hydrogens (primary N) is 2. The van der Waals surface area contributed by atoms with Crippen molar-refractivity contribution < 1.29 is 34.1 Å². The zero-order valence-corrected chi connectivity index (χ0v) is 13.1. The highest BCUT2D eigenvalue weighted by atomic mass is 16.7. The van der Waals surface area contributed by atoms with Gasteiger partial charge < -0.3 is 35.9 Å². The number of carbonyl (C=O) groups excluding carboxylic acids is 1. The van der Waals surface area contributed by atoms with Gasteiger partial charge in [-0.25, -0.2) is 0 Å². The fourth-order valence-corrected chi connectivity index (χ4v) is 1.75. The van der Waals surface area contributed by atoms with Gasteiger partial charge in [-0.1, -0.05) is 0 Å². The lowest BCUT2D eigenvalue weighted by Crippen LogP contribution is -2.30. The molecule has 2 atom stereocenters. The van der Waals surface area contributed by atoms with E-state index in [2.05, 4.69) is 0 Å². The summed E-state index contributed by atoms with van der Waals surface area (Å²) in [5, 5.41) is 16.8. The van der Waals surface area contributed by atoms with Gasteiger partial charge in [-0.05, 0) is 32.1 Å². The van der Waals surface area contributed by atoms with E-state index in [-0.39, 0.29) is 6.29 Å². The van der Waals surface area contributed by atoms with Crippen molar-refractivity contribution in [1.29, 1.82) is 0 Å². The predicted molar refractivity (Wildman–Crippen MR) is 80.7 cm³/mol. The summed E-state index contributed by atoms with van der Waals surface area (Å²) < 4.78 is 10.4. The minimum Gasteiger partial charge on any atom is -0.480 e. The van der Waals surface area contributed by atoms with Crippen LogP contribution in [0.15, 0.2) is 0 Å². The molecule has 1 aliphatic rings. The average molecular weight is 334 g/mol. The summed E-state index contributed by atoms with van der Waals surface area (Å²) in [6.45, 7) is 1.27. The van der Waals surface area contributed by atoms with Crippen molar-refractivity contribution in [2.24, 2.45) is 11.5 Å². The topological polar surface area (TPSA) is 162 Å². The Morgan fingerprint density at radius 2 is 1.52 bits per heavy atom. The fraction of sp³-hybridized carbons (Fsp3) is 0.786. The Balaban J connectivity index is 0.000000438. The molecule has 0 saturated carbocycles. The molecule has 0 unspecified atom stereocenters. The molecule has 0 spiro atoms. The molecule has 1 fully saturated rings. The molecule has 0 aromatic rings. The number of carboxylic acids is 2. The normalized spacial score (nSPS) is 17.0. The van der Waals surface area contributed by atoms with Gasteiger partial charge in [0.2, 0.25) is 0 Å². The molecule has 0 radical (unpaired) electrons. The molecule has 0 aromatic heterocycles. The maximum Gasteiger partial charge on any atom is 0.320 e. The molecule has 9 heteroatoms. The molecule has 1 heterocycles. The minimum absolute atomic E-state index is 0.152. The Bertz CT molecular complexity index is 359. The fourth-order valence-electron chi connectivity index (χ4n) is 1.75. The molecule has 0 bridgehead atoms. The number of aliphatic carboxylic acids is 2. The lowest BCUT2D eigenvalue weighted by atomic mass is 10.1. The Labute approximate surface area is 134 Å². The van der Waals surface area contributed by atoms with Crippen molar-refractivity contribution in [3.05, 3.63) is 0 Å². The molecule has 23 heavy (non-hydrogen) atoms. The van der Waals surface area contributed by atoms with Crippen LogP contribution in [0.1, 0.15) is 38.5 Å². The van der Waals surface area contributed by atoms with Crippen LogP contribution < -0.4 is 11.5 Å². The molecule has 9 nitrogen and oxygen atoms in total. The number of ether oxygens (including phenoxy) is 2. The number of hydrogen-bond acceptors (Lipinski definition) is 7. The van der Waals surface area contributed by atoms with Crippen molar-refractivity contribution >= 4 is 18.2 Å². The summed E-state index contributed by atoms with van der Waals surface area (Å²) in [6, 6.07) is -1.58. The molecule has 0 aromatic carbocycles. The quantitative estimate of drug-likeness (QED) is 0.310. The van der Waals surface area contributed by atoms with Gasteiger partial charge in [0.05, 0.1) is 13.2 Å². The SMILES string of the molecule is N[C@@H](CCCC1OCCO1)C(=O)O.N[C@@H](CCCC=O)C(=O)O. The molecule has 1 rings (SSSR count). The Kier molecular flexibility index (Phi) is 12.1. The van der Waals surface area contributed by atoms with Gasteiger partial charge in [-0.15, -0.1) is 0 Å².